The van der Waals surface area contributed by atoms with Crippen molar-refractivity contribution in [3.63, 3.8) is 0 Å². The van der Waals surface area contributed by atoms with E-state index in [-0.39, 0.29) is 6.10 Å². The molecule has 0 heterocycles. The van der Waals surface area contributed by atoms with Crippen LogP contribution in [0.5, 0.6) is 23.0 Å². The third-order valence-corrected chi connectivity index (χ3v) is 3.99. The lowest BCUT2D eigenvalue weighted by Gasteiger charge is -2.21. The quantitative estimate of drug-likeness (QED) is 0.603. The number of hydrogen-bond donors (Lipinski definition) is 0. The zero-order chi connectivity index (χ0) is 18.9. The lowest BCUT2D eigenvalue weighted by Crippen LogP contribution is -2.11. The second-order valence-electron chi connectivity index (χ2n) is 5.47. The molecule has 0 saturated heterocycles. The highest BCUT2D eigenvalue weighted by atomic mass is 16.5. The molecule has 26 heavy (non-hydrogen) atoms. The van der Waals surface area contributed by atoms with Crippen molar-refractivity contribution < 1.29 is 28.4 Å². The second kappa shape index (κ2) is 9.89. The standard InChI is InChI=1S/C20H26O6/c1-21-10-11-26-20(14-6-8-16(22-2)18(12-14)24-4)15-7-9-17(23-3)19(13-15)25-5/h6-9,12-13,20H,10-11H2,1-5H3. The average molecular weight is 362 g/mol. The Hall–Kier alpha value is -2.44. The Kier molecular flexibility index (Phi) is 7.56. The van der Waals surface area contributed by atoms with Crippen LogP contribution in [0, 0.1) is 0 Å². The first kappa shape index (κ1) is 19.9. The fourth-order valence-electron chi connectivity index (χ4n) is 2.67. The summed E-state index contributed by atoms with van der Waals surface area (Å²) in [6.45, 7) is 0.945. The van der Waals surface area contributed by atoms with Crippen molar-refractivity contribution in [1.82, 2.24) is 0 Å². The molecule has 0 fully saturated rings. The van der Waals surface area contributed by atoms with E-state index in [2.05, 4.69) is 0 Å². The Balaban J connectivity index is 2.43. The van der Waals surface area contributed by atoms with Gasteiger partial charge in [0.1, 0.15) is 6.10 Å². The SMILES string of the molecule is COCCOC(c1ccc(OC)c(OC)c1)c1ccc(OC)c(OC)c1. The van der Waals surface area contributed by atoms with Crippen molar-refractivity contribution in [2.45, 2.75) is 6.10 Å². The predicted octanol–water partition coefficient (Wildman–Crippen LogP) is 3.47. The van der Waals surface area contributed by atoms with Gasteiger partial charge in [0.2, 0.25) is 0 Å². The van der Waals surface area contributed by atoms with Gasteiger partial charge in [0, 0.05) is 7.11 Å². The van der Waals surface area contributed by atoms with Gasteiger partial charge in [-0.15, -0.1) is 0 Å². The van der Waals surface area contributed by atoms with Gasteiger partial charge in [-0.05, 0) is 35.4 Å². The topological polar surface area (TPSA) is 55.4 Å². The molecular weight excluding hydrogens is 336 g/mol. The third kappa shape index (κ3) is 4.59. The van der Waals surface area contributed by atoms with E-state index >= 15 is 0 Å². The van der Waals surface area contributed by atoms with Crippen LogP contribution in [-0.2, 0) is 9.47 Å². The number of rotatable bonds is 10. The van der Waals surface area contributed by atoms with E-state index in [9.17, 15) is 0 Å². The molecule has 0 atom stereocenters. The van der Waals surface area contributed by atoms with Crippen molar-refractivity contribution >= 4 is 0 Å². The highest BCUT2D eigenvalue weighted by Crippen LogP contribution is 2.37. The van der Waals surface area contributed by atoms with Gasteiger partial charge in [0.25, 0.3) is 0 Å². The van der Waals surface area contributed by atoms with Gasteiger partial charge in [-0.3, -0.25) is 0 Å². The van der Waals surface area contributed by atoms with Gasteiger partial charge >= 0.3 is 0 Å². The maximum absolute atomic E-state index is 6.08. The molecule has 0 saturated carbocycles. The summed E-state index contributed by atoms with van der Waals surface area (Å²) in [7, 11) is 8.08. The summed E-state index contributed by atoms with van der Waals surface area (Å²) in [4.78, 5) is 0. The zero-order valence-electron chi connectivity index (χ0n) is 15.9. The Morgan fingerprint density at radius 2 is 1.08 bits per heavy atom. The van der Waals surface area contributed by atoms with Crippen molar-refractivity contribution in [1.29, 1.82) is 0 Å². The van der Waals surface area contributed by atoms with E-state index < -0.39 is 0 Å². The van der Waals surface area contributed by atoms with E-state index in [1.165, 1.54) is 0 Å². The predicted molar refractivity (Wildman–Crippen MR) is 98.8 cm³/mol. The van der Waals surface area contributed by atoms with Crippen molar-refractivity contribution in [2.24, 2.45) is 0 Å². The van der Waals surface area contributed by atoms with Gasteiger partial charge < -0.3 is 28.4 Å². The molecule has 0 spiro atoms. The Labute approximate surface area is 154 Å². The van der Waals surface area contributed by atoms with Crippen LogP contribution >= 0.6 is 0 Å². The Morgan fingerprint density at radius 1 is 0.615 bits per heavy atom. The summed E-state index contributed by atoms with van der Waals surface area (Å²) in [5, 5.41) is 0. The molecule has 0 aliphatic carbocycles. The van der Waals surface area contributed by atoms with Crippen LogP contribution in [0.15, 0.2) is 36.4 Å². The molecule has 6 heteroatoms. The molecule has 0 radical (unpaired) electrons. The third-order valence-electron chi connectivity index (χ3n) is 3.99. The molecule has 0 aliphatic heterocycles. The van der Waals surface area contributed by atoms with Crippen LogP contribution in [0.1, 0.15) is 17.2 Å². The second-order valence-corrected chi connectivity index (χ2v) is 5.47. The fourth-order valence-corrected chi connectivity index (χ4v) is 2.67. The number of hydrogen-bond acceptors (Lipinski definition) is 6. The maximum Gasteiger partial charge on any atom is 0.161 e. The molecule has 2 aromatic rings. The molecule has 0 N–H and O–H groups in total. The number of ether oxygens (including phenoxy) is 6. The molecule has 6 nitrogen and oxygen atoms in total. The highest BCUT2D eigenvalue weighted by Gasteiger charge is 2.19. The maximum atomic E-state index is 6.08. The molecule has 2 aromatic carbocycles. The summed E-state index contributed by atoms with van der Waals surface area (Å²) in [5.74, 6) is 2.62. The van der Waals surface area contributed by atoms with Crippen LogP contribution in [0.4, 0.5) is 0 Å². The minimum atomic E-state index is -0.315. The van der Waals surface area contributed by atoms with Crippen LogP contribution in [0.3, 0.4) is 0 Å². The van der Waals surface area contributed by atoms with E-state index in [0.717, 1.165) is 11.1 Å². The van der Waals surface area contributed by atoms with Crippen molar-refractivity contribution in [2.75, 3.05) is 48.8 Å². The number of methoxy groups -OCH3 is 5. The summed E-state index contributed by atoms with van der Waals surface area (Å²) >= 11 is 0. The van der Waals surface area contributed by atoms with E-state index in [1.54, 1.807) is 35.5 Å². The number of benzene rings is 2. The van der Waals surface area contributed by atoms with E-state index in [0.29, 0.717) is 36.2 Å². The largest absolute Gasteiger partial charge is 0.493 e. The first-order chi connectivity index (χ1) is 12.7. The highest BCUT2D eigenvalue weighted by molar-refractivity contribution is 5.48. The lowest BCUT2D eigenvalue weighted by molar-refractivity contribution is 0.0354. The fraction of sp³-hybridized carbons (Fsp3) is 0.400. The van der Waals surface area contributed by atoms with Gasteiger partial charge in [-0.1, -0.05) is 12.1 Å². The molecule has 0 aromatic heterocycles. The average Bonchev–Trinajstić information content (AvgIpc) is 2.70. The monoisotopic (exact) mass is 362 g/mol. The van der Waals surface area contributed by atoms with Crippen molar-refractivity contribution in [3.05, 3.63) is 47.5 Å². The van der Waals surface area contributed by atoms with E-state index in [1.807, 2.05) is 36.4 Å². The summed E-state index contributed by atoms with van der Waals surface area (Å²) in [6, 6.07) is 11.5. The van der Waals surface area contributed by atoms with Crippen LogP contribution in [0.25, 0.3) is 0 Å². The molecule has 0 unspecified atom stereocenters. The summed E-state index contributed by atoms with van der Waals surface area (Å²) < 4.78 is 32.7. The van der Waals surface area contributed by atoms with Crippen LogP contribution < -0.4 is 18.9 Å². The van der Waals surface area contributed by atoms with Gasteiger partial charge in [-0.2, -0.15) is 0 Å². The molecule has 0 aliphatic rings. The van der Waals surface area contributed by atoms with Crippen LogP contribution in [-0.4, -0.2) is 48.8 Å². The molecule has 0 amide bonds. The van der Waals surface area contributed by atoms with Gasteiger partial charge in [0.05, 0.1) is 41.7 Å². The lowest BCUT2D eigenvalue weighted by atomic mass is 10.00. The normalized spacial score (nSPS) is 10.7. The summed E-state index contributed by atoms with van der Waals surface area (Å²) in [6.07, 6.45) is -0.315. The molecule has 0 bridgehead atoms. The van der Waals surface area contributed by atoms with Crippen LogP contribution in [0.2, 0.25) is 0 Å². The first-order valence-corrected chi connectivity index (χ1v) is 8.22. The minimum absolute atomic E-state index is 0.315. The molecule has 142 valence electrons. The Bertz CT molecular complexity index is 645. The molecular formula is C20H26O6. The van der Waals surface area contributed by atoms with Gasteiger partial charge in [-0.25, -0.2) is 0 Å². The molecule has 2 rings (SSSR count). The van der Waals surface area contributed by atoms with E-state index in [4.69, 9.17) is 28.4 Å². The first-order valence-electron chi connectivity index (χ1n) is 8.22. The minimum Gasteiger partial charge on any atom is -0.493 e. The van der Waals surface area contributed by atoms with Crippen molar-refractivity contribution in [3.8, 4) is 23.0 Å². The summed E-state index contributed by atoms with van der Waals surface area (Å²) in [5.41, 5.74) is 1.87. The Morgan fingerprint density at radius 3 is 1.46 bits per heavy atom. The zero-order valence-corrected chi connectivity index (χ0v) is 15.9. The smallest absolute Gasteiger partial charge is 0.161 e. The van der Waals surface area contributed by atoms with Gasteiger partial charge in [0.15, 0.2) is 23.0 Å².